The zero-order valence-electron chi connectivity index (χ0n) is 13.9. The van der Waals surface area contributed by atoms with Gasteiger partial charge in [-0.25, -0.2) is 0 Å². The van der Waals surface area contributed by atoms with Crippen molar-refractivity contribution in [3.8, 4) is 0 Å². The molecule has 1 aromatic heterocycles. The van der Waals surface area contributed by atoms with E-state index in [9.17, 15) is 0 Å². The van der Waals surface area contributed by atoms with Crippen LogP contribution in [0.5, 0.6) is 0 Å². The van der Waals surface area contributed by atoms with Crippen LogP contribution in [0.3, 0.4) is 0 Å². The Morgan fingerprint density at radius 2 is 2.05 bits per heavy atom. The lowest BCUT2D eigenvalue weighted by atomic mass is 9.70. The number of rotatable bonds is 6. The molecule has 3 rings (SSSR count). The fourth-order valence-corrected chi connectivity index (χ4v) is 5.32. The topological polar surface area (TPSA) is 21.3 Å². The molecule has 2 nitrogen and oxygen atoms in total. The molecule has 0 aliphatic heterocycles. The smallest absolute Gasteiger partial charge is 0.0813 e. The van der Waals surface area contributed by atoms with Gasteiger partial charge in [-0.3, -0.25) is 0 Å². The molecule has 0 spiro atoms. The van der Waals surface area contributed by atoms with Crippen LogP contribution < -0.4 is 5.32 Å². The van der Waals surface area contributed by atoms with Crippen LogP contribution in [0, 0.1) is 16.7 Å². The van der Waals surface area contributed by atoms with Crippen LogP contribution in [0.1, 0.15) is 56.7 Å². The summed E-state index contributed by atoms with van der Waals surface area (Å²) in [5.74, 6) is 0.861. The van der Waals surface area contributed by atoms with E-state index in [1.165, 1.54) is 29.0 Å². The van der Waals surface area contributed by atoms with E-state index in [2.05, 4.69) is 45.1 Å². The van der Waals surface area contributed by atoms with Gasteiger partial charge in [0.05, 0.1) is 12.7 Å². The Labute approximate surface area is 133 Å². The molecule has 0 aromatic carbocycles. The molecule has 2 bridgehead atoms. The summed E-state index contributed by atoms with van der Waals surface area (Å²) in [6, 6.07) is 4.47. The van der Waals surface area contributed by atoms with Gasteiger partial charge in [0.1, 0.15) is 0 Å². The molecule has 0 saturated heterocycles. The predicted molar refractivity (Wildman–Crippen MR) is 89.5 cm³/mol. The van der Waals surface area contributed by atoms with E-state index in [0.29, 0.717) is 16.9 Å². The molecule has 21 heavy (non-hydrogen) atoms. The van der Waals surface area contributed by atoms with Gasteiger partial charge in [0, 0.05) is 16.3 Å². The lowest BCUT2D eigenvalue weighted by molar-refractivity contribution is -0.0541. The number of hydrogen-bond donors (Lipinski definition) is 1. The molecule has 2 fully saturated rings. The maximum Gasteiger partial charge on any atom is 0.0813 e. The number of fused-ring (bicyclic) bond motifs is 2. The largest absolute Gasteiger partial charge is 0.372 e. The summed E-state index contributed by atoms with van der Waals surface area (Å²) in [7, 11) is 0. The molecule has 3 atom stereocenters. The minimum atomic E-state index is 0.377. The Hall–Kier alpha value is -0.380. The van der Waals surface area contributed by atoms with Crippen molar-refractivity contribution in [1.82, 2.24) is 5.32 Å². The minimum absolute atomic E-state index is 0.377. The standard InChI is InChI=1S/C18H29NOS/c1-5-19-11-14-6-7-15(21-14)12-20-16-10-13-8-9-18(16,4)17(13,2)3/h6-7,13,16,19H,5,8-12H2,1-4H3. The molecule has 0 radical (unpaired) electrons. The van der Waals surface area contributed by atoms with E-state index in [1.54, 1.807) is 0 Å². The lowest BCUT2D eigenvalue weighted by Crippen LogP contribution is -2.37. The maximum atomic E-state index is 6.37. The molecule has 1 N–H and O–H groups in total. The van der Waals surface area contributed by atoms with Crippen molar-refractivity contribution >= 4 is 11.3 Å². The van der Waals surface area contributed by atoms with E-state index >= 15 is 0 Å². The van der Waals surface area contributed by atoms with Crippen molar-refractivity contribution in [1.29, 1.82) is 0 Å². The summed E-state index contributed by atoms with van der Waals surface area (Å²) < 4.78 is 6.37. The van der Waals surface area contributed by atoms with Gasteiger partial charge in [-0.05, 0) is 54.7 Å². The Kier molecular flexibility index (Phi) is 4.19. The average Bonchev–Trinajstić information content (AvgIpc) is 3.04. The zero-order valence-corrected chi connectivity index (χ0v) is 14.7. The monoisotopic (exact) mass is 307 g/mol. The first-order valence-electron chi connectivity index (χ1n) is 8.37. The van der Waals surface area contributed by atoms with Crippen molar-refractivity contribution < 1.29 is 4.74 Å². The summed E-state index contributed by atoms with van der Waals surface area (Å²) in [6.07, 6.45) is 4.45. The number of nitrogens with one attached hydrogen (secondary N) is 1. The van der Waals surface area contributed by atoms with E-state index in [1.807, 2.05) is 11.3 Å². The molecule has 2 aliphatic carbocycles. The molecular formula is C18H29NOS. The third-order valence-corrected chi connectivity index (χ3v) is 7.47. The highest BCUT2D eigenvalue weighted by Gasteiger charge is 2.61. The molecule has 2 aliphatic rings. The molecule has 0 amide bonds. The van der Waals surface area contributed by atoms with Crippen molar-refractivity contribution in [2.45, 2.75) is 66.2 Å². The van der Waals surface area contributed by atoms with Crippen LogP contribution in [-0.2, 0) is 17.9 Å². The van der Waals surface area contributed by atoms with Crippen molar-refractivity contribution in [2.75, 3.05) is 6.54 Å². The quantitative estimate of drug-likeness (QED) is 0.830. The fraction of sp³-hybridized carbons (Fsp3) is 0.778. The Balaban J connectivity index is 1.58. The van der Waals surface area contributed by atoms with Gasteiger partial charge in [0.2, 0.25) is 0 Å². The van der Waals surface area contributed by atoms with Gasteiger partial charge in [-0.15, -0.1) is 11.3 Å². The van der Waals surface area contributed by atoms with Crippen LogP contribution in [0.2, 0.25) is 0 Å². The van der Waals surface area contributed by atoms with E-state index in [4.69, 9.17) is 4.74 Å². The molecule has 1 heterocycles. The minimum Gasteiger partial charge on any atom is -0.372 e. The van der Waals surface area contributed by atoms with Crippen molar-refractivity contribution in [3.05, 3.63) is 21.9 Å². The highest BCUT2D eigenvalue weighted by Crippen LogP contribution is 2.66. The summed E-state index contributed by atoms with van der Waals surface area (Å²) in [6.45, 7) is 12.3. The third kappa shape index (κ3) is 2.58. The van der Waals surface area contributed by atoms with Gasteiger partial charge in [0.15, 0.2) is 0 Å². The maximum absolute atomic E-state index is 6.37. The Morgan fingerprint density at radius 1 is 1.29 bits per heavy atom. The zero-order chi connectivity index (χ0) is 15.1. The first-order chi connectivity index (χ1) is 9.97. The highest BCUT2D eigenvalue weighted by molar-refractivity contribution is 7.11. The van der Waals surface area contributed by atoms with Gasteiger partial charge < -0.3 is 10.1 Å². The van der Waals surface area contributed by atoms with Crippen LogP contribution in [-0.4, -0.2) is 12.6 Å². The number of hydrogen-bond acceptors (Lipinski definition) is 3. The predicted octanol–water partition coefficient (Wildman–Crippen LogP) is 4.59. The summed E-state index contributed by atoms with van der Waals surface area (Å²) in [5, 5.41) is 3.38. The SMILES string of the molecule is CCNCc1ccc(COC2CC3CCC2(C)C3(C)C)s1. The van der Waals surface area contributed by atoms with Gasteiger partial charge in [-0.2, -0.15) is 0 Å². The normalized spacial score (nSPS) is 33.7. The Morgan fingerprint density at radius 3 is 2.67 bits per heavy atom. The van der Waals surface area contributed by atoms with Crippen LogP contribution in [0.4, 0.5) is 0 Å². The van der Waals surface area contributed by atoms with Crippen molar-refractivity contribution in [3.63, 3.8) is 0 Å². The molecular weight excluding hydrogens is 278 g/mol. The first kappa shape index (κ1) is 15.5. The first-order valence-corrected chi connectivity index (χ1v) is 9.19. The molecule has 2 saturated carbocycles. The van der Waals surface area contributed by atoms with Crippen LogP contribution >= 0.6 is 11.3 Å². The summed E-state index contributed by atoms with van der Waals surface area (Å²) >= 11 is 1.89. The van der Waals surface area contributed by atoms with Crippen LogP contribution in [0.15, 0.2) is 12.1 Å². The highest BCUT2D eigenvalue weighted by atomic mass is 32.1. The van der Waals surface area contributed by atoms with Crippen LogP contribution in [0.25, 0.3) is 0 Å². The Bertz CT molecular complexity index is 495. The average molecular weight is 308 g/mol. The lowest BCUT2D eigenvalue weighted by Gasteiger charge is -2.38. The fourth-order valence-electron chi connectivity index (χ4n) is 4.41. The molecule has 1 aromatic rings. The second-order valence-corrected chi connectivity index (χ2v) is 8.81. The molecule has 118 valence electrons. The van der Waals surface area contributed by atoms with E-state index in [-0.39, 0.29) is 0 Å². The second-order valence-electron chi connectivity index (χ2n) is 7.56. The summed E-state index contributed by atoms with van der Waals surface area (Å²) in [4.78, 5) is 2.78. The second kappa shape index (κ2) is 5.68. The van der Waals surface area contributed by atoms with Gasteiger partial charge in [0.25, 0.3) is 0 Å². The third-order valence-electron chi connectivity index (χ3n) is 6.41. The van der Waals surface area contributed by atoms with E-state index in [0.717, 1.165) is 25.6 Å². The number of thiophene rings is 1. The van der Waals surface area contributed by atoms with E-state index < -0.39 is 0 Å². The van der Waals surface area contributed by atoms with Crippen molar-refractivity contribution in [2.24, 2.45) is 16.7 Å². The molecule has 3 unspecified atom stereocenters. The number of ether oxygens (including phenoxy) is 1. The van der Waals surface area contributed by atoms with Gasteiger partial charge in [-0.1, -0.05) is 27.7 Å². The van der Waals surface area contributed by atoms with Gasteiger partial charge >= 0.3 is 0 Å². The molecule has 3 heteroatoms. The summed E-state index contributed by atoms with van der Waals surface area (Å²) in [5.41, 5.74) is 0.824.